The molecule has 0 aromatic heterocycles. The van der Waals surface area contributed by atoms with E-state index in [9.17, 15) is 0 Å². The molecular formula is C15H23N3. The number of hydrogen-bond acceptors (Lipinski definition) is 3. The van der Waals surface area contributed by atoms with Gasteiger partial charge in [0.25, 0.3) is 0 Å². The third kappa shape index (κ3) is 4.38. The molecule has 0 amide bonds. The van der Waals surface area contributed by atoms with Crippen molar-refractivity contribution in [2.45, 2.75) is 31.7 Å². The number of rotatable bonds is 7. The van der Waals surface area contributed by atoms with Crippen LogP contribution in [0.3, 0.4) is 0 Å². The second-order valence-electron chi connectivity index (χ2n) is 4.91. The topological polar surface area (TPSA) is 39.1 Å². The zero-order valence-electron chi connectivity index (χ0n) is 11.6. The van der Waals surface area contributed by atoms with Crippen molar-refractivity contribution < 1.29 is 0 Å². The van der Waals surface area contributed by atoms with Gasteiger partial charge in [-0.05, 0) is 45.4 Å². The number of anilines is 1. The van der Waals surface area contributed by atoms with Crippen molar-refractivity contribution >= 4 is 5.69 Å². The lowest BCUT2D eigenvalue weighted by atomic mass is 9.97. The summed E-state index contributed by atoms with van der Waals surface area (Å²) < 4.78 is 0. The third-order valence-electron chi connectivity index (χ3n) is 3.42. The Balaban J connectivity index is 2.29. The van der Waals surface area contributed by atoms with Gasteiger partial charge in [-0.2, -0.15) is 5.26 Å². The number of nitrogens with one attached hydrogen (secondary N) is 1. The molecular weight excluding hydrogens is 222 g/mol. The lowest BCUT2D eigenvalue weighted by Gasteiger charge is -2.22. The van der Waals surface area contributed by atoms with Crippen molar-refractivity contribution in [3.05, 3.63) is 30.3 Å². The summed E-state index contributed by atoms with van der Waals surface area (Å²) in [6.45, 7) is 2.98. The van der Waals surface area contributed by atoms with E-state index in [1.165, 1.54) is 5.69 Å². The molecule has 0 heterocycles. The van der Waals surface area contributed by atoms with Crippen molar-refractivity contribution in [1.29, 1.82) is 5.26 Å². The minimum absolute atomic E-state index is 0.384. The summed E-state index contributed by atoms with van der Waals surface area (Å²) in [6.07, 6.45) is 3.05. The average Bonchev–Trinajstić information content (AvgIpc) is 2.44. The molecule has 0 aliphatic heterocycles. The number of hydrogen-bond donors (Lipinski definition) is 1. The van der Waals surface area contributed by atoms with Gasteiger partial charge in [0.05, 0.1) is 6.07 Å². The second kappa shape index (κ2) is 7.03. The van der Waals surface area contributed by atoms with Gasteiger partial charge in [0.15, 0.2) is 0 Å². The molecule has 98 valence electrons. The summed E-state index contributed by atoms with van der Waals surface area (Å²) >= 11 is 0. The molecule has 0 spiro atoms. The fourth-order valence-electron chi connectivity index (χ4n) is 1.88. The minimum atomic E-state index is -0.384. The van der Waals surface area contributed by atoms with E-state index in [1.54, 1.807) is 0 Å². The number of benzene rings is 1. The largest absolute Gasteiger partial charge is 0.375 e. The molecule has 1 aromatic rings. The van der Waals surface area contributed by atoms with E-state index in [0.717, 1.165) is 25.8 Å². The molecule has 1 rings (SSSR count). The quantitative estimate of drug-likeness (QED) is 0.751. The lowest BCUT2D eigenvalue weighted by molar-refractivity contribution is 0.434. The first-order valence-electron chi connectivity index (χ1n) is 6.47. The zero-order valence-corrected chi connectivity index (χ0v) is 11.6. The predicted molar refractivity (Wildman–Crippen MR) is 76.6 cm³/mol. The summed E-state index contributed by atoms with van der Waals surface area (Å²) in [7, 11) is 3.95. The summed E-state index contributed by atoms with van der Waals surface area (Å²) in [5, 5.41) is 12.1. The molecule has 0 fully saturated rings. The van der Waals surface area contributed by atoms with Crippen LogP contribution in [0.5, 0.6) is 0 Å². The van der Waals surface area contributed by atoms with Crippen LogP contribution in [0.4, 0.5) is 5.69 Å². The van der Waals surface area contributed by atoms with Gasteiger partial charge in [-0.25, -0.2) is 0 Å². The van der Waals surface area contributed by atoms with Gasteiger partial charge in [-0.3, -0.25) is 0 Å². The summed E-state index contributed by atoms with van der Waals surface area (Å²) in [6, 6.07) is 12.7. The Morgan fingerprint density at radius 3 is 2.50 bits per heavy atom. The smallest absolute Gasteiger partial charge is 0.103 e. The number of unbranched alkanes of at least 4 members (excludes halogenated alkanes) is 1. The molecule has 1 atom stereocenters. The fraction of sp³-hybridized carbons (Fsp3) is 0.533. The van der Waals surface area contributed by atoms with Crippen LogP contribution in [-0.2, 0) is 0 Å². The summed E-state index contributed by atoms with van der Waals surface area (Å²) in [5.74, 6) is 0. The molecule has 0 saturated heterocycles. The Morgan fingerprint density at radius 2 is 1.94 bits per heavy atom. The van der Waals surface area contributed by atoms with Crippen LogP contribution in [0.2, 0.25) is 0 Å². The number of nitrogens with zero attached hydrogens (tertiary/aromatic N) is 2. The SMILES string of the molecule is CNC(C)(C#N)CCCCN(C)c1ccccc1. The first-order chi connectivity index (χ1) is 8.61. The molecule has 18 heavy (non-hydrogen) atoms. The Kier molecular flexibility index (Phi) is 5.67. The van der Waals surface area contributed by atoms with E-state index in [2.05, 4.69) is 47.6 Å². The van der Waals surface area contributed by atoms with Crippen molar-refractivity contribution in [3.8, 4) is 6.07 Å². The van der Waals surface area contributed by atoms with E-state index >= 15 is 0 Å². The van der Waals surface area contributed by atoms with E-state index in [4.69, 9.17) is 5.26 Å². The molecule has 0 aliphatic carbocycles. The van der Waals surface area contributed by atoms with Crippen LogP contribution >= 0.6 is 0 Å². The molecule has 3 nitrogen and oxygen atoms in total. The maximum atomic E-state index is 9.05. The van der Waals surface area contributed by atoms with Crippen molar-refractivity contribution in [1.82, 2.24) is 5.32 Å². The van der Waals surface area contributed by atoms with Gasteiger partial charge in [0.1, 0.15) is 5.54 Å². The van der Waals surface area contributed by atoms with E-state index in [1.807, 2.05) is 20.0 Å². The summed E-state index contributed by atoms with van der Waals surface area (Å²) in [5.41, 5.74) is 0.861. The van der Waals surface area contributed by atoms with E-state index < -0.39 is 0 Å². The maximum Gasteiger partial charge on any atom is 0.103 e. The Bertz CT molecular complexity index is 382. The first kappa shape index (κ1) is 14.5. The Morgan fingerprint density at radius 1 is 1.28 bits per heavy atom. The molecule has 1 aromatic carbocycles. The van der Waals surface area contributed by atoms with Crippen molar-refractivity contribution in [2.75, 3.05) is 25.5 Å². The van der Waals surface area contributed by atoms with Crippen LogP contribution < -0.4 is 10.2 Å². The third-order valence-corrected chi connectivity index (χ3v) is 3.42. The van der Waals surface area contributed by atoms with Crippen LogP contribution in [0.25, 0.3) is 0 Å². The van der Waals surface area contributed by atoms with Crippen molar-refractivity contribution in [2.24, 2.45) is 0 Å². The van der Waals surface area contributed by atoms with Crippen LogP contribution in [0.1, 0.15) is 26.2 Å². The molecule has 1 N–H and O–H groups in total. The molecule has 3 heteroatoms. The van der Waals surface area contributed by atoms with Gasteiger partial charge in [-0.15, -0.1) is 0 Å². The highest BCUT2D eigenvalue weighted by Gasteiger charge is 2.19. The number of nitriles is 1. The molecule has 1 unspecified atom stereocenters. The van der Waals surface area contributed by atoms with Crippen LogP contribution in [0, 0.1) is 11.3 Å². The van der Waals surface area contributed by atoms with Gasteiger partial charge < -0.3 is 10.2 Å². The standard InChI is InChI=1S/C15H23N3/c1-15(13-16,17-2)11-7-8-12-18(3)14-9-5-4-6-10-14/h4-6,9-10,17H,7-8,11-12H2,1-3H3. The second-order valence-corrected chi connectivity index (χ2v) is 4.91. The molecule has 0 bridgehead atoms. The first-order valence-corrected chi connectivity index (χ1v) is 6.47. The maximum absolute atomic E-state index is 9.05. The van der Waals surface area contributed by atoms with Gasteiger partial charge in [0.2, 0.25) is 0 Å². The lowest BCUT2D eigenvalue weighted by Crippen LogP contribution is -2.38. The van der Waals surface area contributed by atoms with Gasteiger partial charge >= 0.3 is 0 Å². The fourth-order valence-corrected chi connectivity index (χ4v) is 1.88. The van der Waals surface area contributed by atoms with Crippen molar-refractivity contribution in [3.63, 3.8) is 0 Å². The zero-order chi connectivity index (χ0) is 13.4. The normalized spacial score (nSPS) is 13.7. The highest BCUT2D eigenvalue weighted by atomic mass is 15.1. The molecule has 0 aliphatic rings. The minimum Gasteiger partial charge on any atom is -0.375 e. The van der Waals surface area contributed by atoms with Crippen LogP contribution in [-0.4, -0.2) is 26.2 Å². The van der Waals surface area contributed by atoms with Crippen LogP contribution in [0.15, 0.2) is 30.3 Å². The summed E-state index contributed by atoms with van der Waals surface area (Å²) in [4.78, 5) is 2.25. The predicted octanol–water partition coefficient (Wildman–Crippen LogP) is 2.79. The monoisotopic (exact) mass is 245 g/mol. The highest BCUT2D eigenvalue weighted by molar-refractivity contribution is 5.44. The van der Waals surface area contributed by atoms with Gasteiger partial charge in [-0.1, -0.05) is 18.2 Å². The number of para-hydroxylation sites is 1. The van der Waals surface area contributed by atoms with E-state index in [0.29, 0.717) is 0 Å². The van der Waals surface area contributed by atoms with E-state index in [-0.39, 0.29) is 5.54 Å². The Labute approximate surface area is 110 Å². The molecule has 0 radical (unpaired) electrons. The average molecular weight is 245 g/mol. The van der Waals surface area contributed by atoms with Gasteiger partial charge in [0, 0.05) is 19.3 Å². The Hall–Kier alpha value is -1.53. The molecule has 0 saturated carbocycles. The highest BCUT2D eigenvalue weighted by Crippen LogP contribution is 2.15.